The molecule has 2 heteroatoms. The van der Waals surface area contributed by atoms with E-state index in [1.807, 2.05) is 11.8 Å². The fourth-order valence-corrected chi connectivity index (χ4v) is 1.82. The maximum absolute atomic E-state index is 4.28. The SMILES string of the molecule is C1=CC(SC2CC2)=NC1. The van der Waals surface area contributed by atoms with Crippen molar-refractivity contribution in [3.63, 3.8) is 0 Å². The lowest BCUT2D eigenvalue weighted by molar-refractivity contribution is 1.29. The lowest BCUT2D eigenvalue weighted by Crippen LogP contribution is -1.83. The molecule has 0 saturated heterocycles. The van der Waals surface area contributed by atoms with Gasteiger partial charge in [-0.3, -0.25) is 4.99 Å². The van der Waals surface area contributed by atoms with Gasteiger partial charge in [0.15, 0.2) is 0 Å². The number of hydrogen-bond donors (Lipinski definition) is 0. The van der Waals surface area contributed by atoms with Crippen LogP contribution >= 0.6 is 11.8 Å². The third kappa shape index (κ3) is 1.36. The van der Waals surface area contributed by atoms with Gasteiger partial charge in [0.2, 0.25) is 0 Å². The van der Waals surface area contributed by atoms with E-state index >= 15 is 0 Å². The molecule has 0 bridgehead atoms. The van der Waals surface area contributed by atoms with Gasteiger partial charge in [-0.05, 0) is 18.9 Å². The molecule has 1 aliphatic carbocycles. The maximum atomic E-state index is 4.28. The molecule has 48 valence electrons. The lowest BCUT2D eigenvalue weighted by Gasteiger charge is -1.91. The van der Waals surface area contributed by atoms with Gasteiger partial charge in [-0.1, -0.05) is 6.08 Å². The van der Waals surface area contributed by atoms with E-state index in [0.717, 1.165) is 11.8 Å². The second kappa shape index (κ2) is 2.18. The van der Waals surface area contributed by atoms with Crippen LogP contribution in [0.3, 0.4) is 0 Å². The molecule has 0 unspecified atom stereocenters. The first kappa shape index (κ1) is 5.54. The Morgan fingerprint density at radius 2 is 2.44 bits per heavy atom. The molecule has 1 saturated carbocycles. The Balaban J connectivity index is 1.89. The van der Waals surface area contributed by atoms with Crippen LogP contribution in [-0.4, -0.2) is 16.8 Å². The average molecular weight is 139 g/mol. The maximum Gasteiger partial charge on any atom is 0.0908 e. The predicted octanol–water partition coefficient (Wildman–Crippen LogP) is 1.85. The molecular formula is C7H9NS. The molecule has 1 aliphatic heterocycles. The van der Waals surface area contributed by atoms with Crippen LogP contribution in [0.4, 0.5) is 0 Å². The van der Waals surface area contributed by atoms with Gasteiger partial charge < -0.3 is 0 Å². The zero-order chi connectivity index (χ0) is 6.10. The van der Waals surface area contributed by atoms with Gasteiger partial charge in [-0.15, -0.1) is 11.8 Å². The summed E-state index contributed by atoms with van der Waals surface area (Å²) in [4.78, 5) is 4.28. The summed E-state index contributed by atoms with van der Waals surface area (Å²) in [5.74, 6) is 0. The number of thioether (sulfide) groups is 1. The summed E-state index contributed by atoms with van der Waals surface area (Å²) in [5, 5.41) is 2.16. The van der Waals surface area contributed by atoms with Crippen LogP contribution in [0, 0.1) is 0 Å². The zero-order valence-electron chi connectivity index (χ0n) is 5.21. The van der Waals surface area contributed by atoms with Gasteiger partial charge in [0, 0.05) is 5.25 Å². The first-order chi connectivity index (χ1) is 4.45. The zero-order valence-corrected chi connectivity index (χ0v) is 6.03. The normalized spacial score (nSPS) is 24.7. The fraction of sp³-hybridized carbons (Fsp3) is 0.571. The first-order valence-corrected chi connectivity index (χ1v) is 4.21. The van der Waals surface area contributed by atoms with E-state index in [1.165, 1.54) is 17.9 Å². The first-order valence-electron chi connectivity index (χ1n) is 3.33. The summed E-state index contributed by atoms with van der Waals surface area (Å²) in [6, 6.07) is 0. The summed E-state index contributed by atoms with van der Waals surface area (Å²) < 4.78 is 0. The molecule has 2 aliphatic rings. The van der Waals surface area contributed by atoms with Crippen molar-refractivity contribution < 1.29 is 0 Å². The number of nitrogens with zero attached hydrogens (tertiary/aromatic N) is 1. The molecule has 0 N–H and O–H groups in total. The molecule has 0 aromatic carbocycles. The molecule has 9 heavy (non-hydrogen) atoms. The molecule has 0 atom stereocenters. The minimum absolute atomic E-state index is 0.909. The van der Waals surface area contributed by atoms with Crippen LogP contribution in [0.5, 0.6) is 0 Å². The Bertz CT molecular complexity index is 168. The third-order valence-electron chi connectivity index (χ3n) is 1.42. The summed E-state index contributed by atoms with van der Waals surface area (Å²) in [5.41, 5.74) is 0. The standard InChI is InChI=1S/C7H9NS/c1-2-7(8-5-1)9-6-3-4-6/h1-2,6H,3-5H2. The van der Waals surface area contributed by atoms with Crippen molar-refractivity contribution in [1.29, 1.82) is 0 Å². The van der Waals surface area contributed by atoms with E-state index in [-0.39, 0.29) is 0 Å². The highest BCUT2D eigenvalue weighted by molar-refractivity contribution is 8.15. The summed E-state index contributed by atoms with van der Waals surface area (Å²) in [7, 11) is 0. The summed E-state index contributed by atoms with van der Waals surface area (Å²) >= 11 is 1.94. The molecule has 1 heterocycles. The Hall–Kier alpha value is -0.240. The van der Waals surface area contributed by atoms with Gasteiger partial charge in [-0.2, -0.15) is 0 Å². The number of aliphatic imine (C=N–C) groups is 1. The van der Waals surface area contributed by atoms with Crippen molar-refractivity contribution in [2.24, 2.45) is 4.99 Å². The topological polar surface area (TPSA) is 12.4 Å². The Kier molecular flexibility index (Phi) is 1.34. The Morgan fingerprint density at radius 3 is 3.00 bits per heavy atom. The quantitative estimate of drug-likeness (QED) is 0.540. The average Bonchev–Trinajstić information content (AvgIpc) is 2.46. The molecule has 0 amide bonds. The van der Waals surface area contributed by atoms with E-state index in [0.29, 0.717) is 0 Å². The molecule has 0 aromatic rings. The van der Waals surface area contributed by atoms with Gasteiger partial charge in [0.25, 0.3) is 0 Å². The van der Waals surface area contributed by atoms with Crippen LogP contribution in [0.15, 0.2) is 17.1 Å². The Morgan fingerprint density at radius 1 is 1.56 bits per heavy atom. The fourth-order valence-electron chi connectivity index (χ4n) is 0.782. The minimum atomic E-state index is 0.909. The minimum Gasteiger partial charge on any atom is -0.274 e. The van der Waals surface area contributed by atoms with Crippen LogP contribution in [0.25, 0.3) is 0 Å². The number of rotatable bonds is 1. The van der Waals surface area contributed by atoms with Gasteiger partial charge in [-0.25, -0.2) is 0 Å². The molecule has 1 nitrogen and oxygen atoms in total. The smallest absolute Gasteiger partial charge is 0.0908 e. The summed E-state index contributed by atoms with van der Waals surface area (Å²) in [6.07, 6.45) is 7.04. The molecule has 0 aromatic heterocycles. The molecule has 2 rings (SSSR count). The number of hydrogen-bond acceptors (Lipinski definition) is 2. The van der Waals surface area contributed by atoms with E-state index in [9.17, 15) is 0 Å². The molecule has 1 fully saturated rings. The molecular weight excluding hydrogens is 130 g/mol. The van der Waals surface area contributed by atoms with Crippen LogP contribution in [-0.2, 0) is 0 Å². The van der Waals surface area contributed by atoms with Crippen LogP contribution in [0.2, 0.25) is 0 Å². The monoisotopic (exact) mass is 139 g/mol. The second-order valence-electron chi connectivity index (χ2n) is 2.40. The van der Waals surface area contributed by atoms with Crippen molar-refractivity contribution in [3.05, 3.63) is 12.2 Å². The van der Waals surface area contributed by atoms with Crippen molar-refractivity contribution in [2.45, 2.75) is 18.1 Å². The molecule has 0 spiro atoms. The van der Waals surface area contributed by atoms with Crippen molar-refractivity contribution in [3.8, 4) is 0 Å². The van der Waals surface area contributed by atoms with Crippen LogP contribution < -0.4 is 0 Å². The highest BCUT2D eigenvalue weighted by Gasteiger charge is 2.23. The highest BCUT2D eigenvalue weighted by Crippen LogP contribution is 2.35. The largest absolute Gasteiger partial charge is 0.274 e. The van der Waals surface area contributed by atoms with E-state index in [2.05, 4.69) is 17.1 Å². The highest BCUT2D eigenvalue weighted by atomic mass is 32.2. The second-order valence-corrected chi connectivity index (χ2v) is 3.72. The lowest BCUT2D eigenvalue weighted by atomic mass is 10.6. The molecule has 0 radical (unpaired) electrons. The van der Waals surface area contributed by atoms with E-state index in [4.69, 9.17) is 0 Å². The van der Waals surface area contributed by atoms with Gasteiger partial charge >= 0.3 is 0 Å². The van der Waals surface area contributed by atoms with Crippen molar-refractivity contribution in [1.82, 2.24) is 0 Å². The van der Waals surface area contributed by atoms with Gasteiger partial charge in [0.1, 0.15) is 0 Å². The predicted molar refractivity (Wildman–Crippen MR) is 42.1 cm³/mol. The Labute approximate surface area is 59.2 Å². The van der Waals surface area contributed by atoms with Gasteiger partial charge in [0.05, 0.1) is 11.6 Å². The van der Waals surface area contributed by atoms with Crippen molar-refractivity contribution in [2.75, 3.05) is 6.54 Å². The van der Waals surface area contributed by atoms with E-state index < -0.39 is 0 Å². The summed E-state index contributed by atoms with van der Waals surface area (Å²) in [6.45, 7) is 0.912. The van der Waals surface area contributed by atoms with Crippen LogP contribution in [0.1, 0.15) is 12.8 Å². The van der Waals surface area contributed by atoms with Crippen molar-refractivity contribution >= 4 is 16.8 Å². The van der Waals surface area contributed by atoms with E-state index in [1.54, 1.807) is 0 Å². The third-order valence-corrected chi connectivity index (χ3v) is 2.74.